The summed E-state index contributed by atoms with van der Waals surface area (Å²) in [5.74, 6) is 5.52. The molecule has 8 atom stereocenters. The second-order valence-corrected chi connectivity index (χ2v) is 23.5. The summed E-state index contributed by atoms with van der Waals surface area (Å²) in [4.78, 5) is 29.2. The number of carbonyl (C=O) groups is 2. The quantitative estimate of drug-likeness (QED) is 0.143. The molecule has 1 heterocycles. The highest BCUT2D eigenvalue weighted by molar-refractivity contribution is 7.85. The normalized spacial score (nSPS) is 41.1. The van der Waals surface area contributed by atoms with Crippen LogP contribution in [0.4, 0.5) is 0 Å². The Labute approximate surface area is 330 Å². The molecule has 0 amide bonds. The number of nitrogens with one attached hydrogen (secondary N) is 1. The van der Waals surface area contributed by atoms with E-state index in [-0.39, 0.29) is 35.0 Å². The van der Waals surface area contributed by atoms with Crippen LogP contribution < -0.4 is 5.32 Å². The molecule has 0 bridgehead atoms. The highest BCUT2D eigenvalue weighted by Crippen LogP contribution is 2.75. The van der Waals surface area contributed by atoms with Gasteiger partial charge in [0.2, 0.25) is 0 Å². The second kappa shape index (κ2) is 13.9. The molecule has 1 spiro atoms. The molecule has 1 aliphatic heterocycles. The Morgan fingerprint density at radius 2 is 1.50 bits per heavy atom. The lowest BCUT2D eigenvalue weighted by Crippen LogP contribution is -2.64. The van der Waals surface area contributed by atoms with Gasteiger partial charge in [-0.05, 0) is 168 Å². The van der Waals surface area contributed by atoms with Gasteiger partial charge in [-0.2, -0.15) is 0 Å². The molecule has 7 fully saturated rings. The molecule has 8 heteroatoms. The van der Waals surface area contributed by atoms with Gasteiger partial charge >= 0.3 is 11.9 Å². The first-order valence-corrected chi connectivity index (χ1v) is 23.9. The summed E-state index contributed by atoms with van der Waals surface area (Å²) in [6, 6.07) is 0. The number of fused-ring (bicyclic) bond motifs is 7. The van der Waals surface area contributed by atoms with Crippen molar-refractivity contribution in [2.24, 2.45) is 62.6 Å². The third-order valence-corrected chi connectivity index (χ3v) is 19.2. The highest BCUT2D eigenvalue weighted by atomic mass is 32.2. The van der Waals surface area contributed by atoms with Crippen LogP contribution in [-0.2, 0) is 29.9 Å². The third kappa shape index (κ3) is 6.25. The lowest BCUT2D eigenvalue weighted by molar-refractivity contribution is -0.208. The van der Waals surface area contributed by atoms with Crippen molar-refractivity contribution in [2.45, 2.75) is 163 Å². The third-order valence-electron chi connectivity index (χ3n) is 18.0. The smallest absolute Gasteiger partial charge is 0.323 e. The number of nitrogens with zero attached hydrogens (tertiary/aromatic N) is 1. The lowest BCUT2D eigenvalue weighted by Gasteiger charge is -2.69. The number of hydrogen-bond donors (Lipinski definition) is 1. The average Bonchev–Trinajstić information content (AvgIpc) is 3.49. The molecule has 6 saturated carbocycles. The Morgan fingerprint density at radius 3 is 2.15 bits per heavy atom. The van der Waals surface area contributed by atoms with Crippen molar-refractivity contribution in [3.05, 3.63) is 11.6 Å². The Morgan fingerprint density at radius 1 is 0.833 bits per heavy atom. The summed E-state index contributed by atoms with van der Waals surface area (Å²) >= 11 is 0. The molecule has 8 rings (SSSR count). The maximum absolute atomic E-state index is 13.3. The fraction of sp³-hybridized carbons (Fsp3) is 0.913. The van der Waals surface area contributed by atoms with E-state index in [1.807, 2.05) is 27.7 Å². The standard InChI is InChI=1S/C46H74N2O5S/c1-30(2)52-39(49)45(40(50)53-31(3)4)28-44(29-45)26-32(27-44)34-13-17-43(8)37(41(34,5)6)15-18-42(7)35-14-19-46(47-20-21-48-22-24-54(51)25-23-48)16-9-10-36(46)33(35)11-12-38(42)43/h13,30-33,35-38,47H,9-12,14-29H2,1-8H3/t33?,35?,36-,37?,38?,42?,43?,46?/m1/s1. The van der Waals surface area contributed by atoms with Crippen LogP contribution >= 0.6 is 0 Å². The first-order chi connectivity index (χ1) is 25.5. The largest absolute Gasteiger partial charge is 0.462 e. The van der Waals surface area contributed by atoms with Crippen molar-refractivity contribution in [1.82, 2.24) is 10.2 Å². The SMILES string of the molecule is CC(C)OC(=O)C1(C(=O)OC(C)C)CC2(CC(C3=CCC4(C)C(CCC5(C)C6CCC7(NCCN8CCS(=O)CC8)CCC[C@@H]7C6CCC54)C3(C)C)C2)C1. The van der Waals surface area contributed by atoms with E-state index < -0.39 is 16.2 Å². The summed E-state index contributed by atoms with van der Waals surface area (Å²) in [5.41, 5.74) is 1.86. The number of carbonyl (C=O) groups excluding carboxylic acids is 2. The molecule has 1 N–H and O–H groups in total. The molecule has 0 radical (unpaired) electrons. The van der Waals surface area contributed by atoms with Crippen LogP contribution in [0.2, 0.25) is 0 Å². The van der Waals surface area contributed by atoms with Crippen LogP contribution in [0.15, 0.2) is 11.6 Å². The molecule has 0 aromatic carbocycles. The minimum Gasteiger partial charge on any atom is -0.462 e. The first-order valence-electron chi connectivity index (χ1n) is 22.4. The van der Waals surface area contributed by atoms with Gasteiger partial charge in [-0.25, -0.2) is 0 Å². The van der Waals surface area contributed by atoms with Crippen LogP contribution in [0.3, 0.4) is 0 Å². The number of esters is 2. The molecule has 54 heavy (non-hydrogen) atoms. The molecule has 7 unspecified atom stereocenters. The van der Waals surface area contributed by atoms with Gasteiger partial charge in [0.1, 0.15) is 0 Å². The minimum atomic E-state index is -1.13. The van der Waals surface area contributed by atoms with E-state index >= 15 is 0 Å². The van der Waals surface area contributed by atoms with Crippen molar-refractivity contribution < 1.29 is 23.3 Å². The number of ether oxygens (including phenoxy) is 2. The number of allylic oxidation sites excluding steroid dienone is 2. The first kappa shape index (κ1) is 39.6. The molecule has 1 saturated heterocycles. The summed E-state index contributed by atoms with van der Waals surface area (Å²) in [6.45, 7) is 22.2. The fourth-order valence-corrected chi connectivity index (χ4v) is 17.1. The summed E-state index contributed by atoms with van der Waals surface area (Å²) in [6.07, 6.45) is 19.2. The molecule has 0 aromatic rings. The monoisotopic (exact) mass is 767 g/mol. The Bertz CT molecular complexity index is 1490. The number of rotatable bonds is 9. The van der Waals surface area contributed by atoms with Crippen molar-refractivity contribution in [3.8, 4) is 0 Å². The number of hydrogen-bond acceptors (Lipinski definition) is 7. The summed E-state index contributed by atoms with van der Waals surface area (Å²) in [7, 11) is -0.601. The van der Waals surface area contributed by atoms with Gasteiger partial charge in [-0.15, -0.1) is 0 Å². The van der Waals surface area contributed by atoms with E-state index in [0.717, 1.165) is 74.2 Å². The van der Waals surface area contributed by atoms with E-state index in [1.54, 1.807) is 5.57 Å². The predicted molar refractivity (Wildman–Crippen MR) is 216 cm³/mol. The Balaban J connectivity index is 0.934. The molecule has 8 aliphatic rings. The van der Waals surface area contributed by atoms with E-state index in [1.165, 1.54) is 64.2 Å². The maximum Gasteiger partial charge on any atom is 0.323 e. The zero-order chi connectivity index (χ0) is 38.5. The van der Waals surface area contributed by atoms with Crippen molar-refractivity contribution in [3.63, 3.8) is 0 Å². The van der Waals surface area contributed by atoms with Gasteiger partial charge in [-0.3, -0.25) is 13.8 Å². The van der Waals surface area contributed by atoms with Gasteiger partial charge in [0, 0.05) is 54.0 Å². The van der Waals surface area contributed by atoms with Gasteiger partial charge < -0.3 is 19.7 Å². The van der Waals surface area contributed by atoms with Crippen LogP contribution in [0, 0.1) is 62.6 Å². The highest BCUT2D eigenvalue weighted by Gasteiger charge is 2.71. The van der Waals surface area contributed by atoms with E-state index in [2.05, 4.69) is 44.0 Å². The van der Waals surface area contributed by atoms with Crippen molar-refractivity contribution in [1.29, 1.82) is 0 Å². The topological polar surface area (TPSA) is 84.9 Å². The van der Waals surface area contributed by atoms with Gasteiger partial charge in [0.05, 0.1) is 12.2 Å². The van der Waals surface area contributed by atoms with E-state index in [0.29, 0.717) is 41.0 Å². The van der Waals surface area contributed by atoms with Crippen LogP contribution in [0.5, 0.6) is 0 Å². The predicted octanol–water partition coefficient (Wildman–Crippen LogP) is 8.47. The van der Waals surface area contributed by atoms with E-state index in [4.69, 9.17) is 9.47 Å². The molecule has 7 aliphatic carbocycles. The maximum atomic E-state index is 13.3. The van der Waals surface area contributed by atoms with Crippen LogP contribution in [0.1, 0.15) is 145 Å². The van der Waals surface area contributed by atoms with Gasteiger partial charge in [-0.1, -0.05) is 45.8 Å². The fourth-order valence-electron chi connectivity index (χ4n) is 16.0. The van der Waals surface area contributed by atoms with E-state index in [9.17, 15) is 13.8 Å². The molecular formula is C46H74N2O5S. The van der Waals surface area contributed by atoms with Gasteiger partial charge in [0.15, 0.2) is 5.41 Å². The van der Waals surface area contributed by atoms with Crippen LogP contribution in [0.25, 0.3) is 0 Å². The molecular weight excluding hydrogens is 693 g/mol. The van der Waals surface area contributed by atoms with Crippen LogP contribution in [-0.4, -0.2) is 76.5 Å². The molecule has 7 nitrogen and oxygen atoms in total. The van der Waals surface area contributed by atoms with Gasteiger partial charge in [0.25, 0.3) is 0 Å². The summed E-state index contributed by atoms with van der Waals surface area (Å²) in [5, 5.41) is 4.24. The molecule has 0 aromatic heterocycles. The minimum absolute atomic E-state index is 0.0538. The lowest BCUT2D eigenvalue weighted by atomic mass is 9.35. The van der Waals surface area contributed by atoms with Crippen molar-refractivity contribution in [2.75, 3.05) is 37.7 Å². The zero-order valence-corrected chi connectivity index (χ0v) is 36.1. The zero-order valence-electron chi connectivity index (χ0n) is 35.2. The average molecular weight is 767 g/mol. The Hall–Kier alpha value is -1.25. The van der Waals surface area contributed by atoms with Crippen molar-refractivity contribution >= 4 is 22.7 Å². The molecule has 304 valence electrons. The summed E-state index contributed by atoms with van der Waals surface area (Å²) < 4.78 is 23.2. The Kier molecular flexibility index (Phi) is 10.2. The second-order valence-electron chi connectivity index (χ2n) is 21.8.